The molecule has 1 heterocycles. The molecule has 0 atom stereocenters. The van der Waals surface area contributed by atoms with E-state index in [4.69, 9.17) is 5.41 Å². The van der Waals surface area contributed by atoms with E-state index < -0.39 is 0 Å². The van der Waals surface area contributed by atoms with Crippen LogP contribution in [0, 0.1) is 5.41 Å². The van der Waals surface area contributed by atoms with Crippen LogP contribution in [0.1, 0.15) is 12.8 Å². The molecule has 0 aromatic rings. The number of cyclic esters (lactones) is 1. The summed E-state index contributed by atoms with van der Waals surface area (Å²) in [4.78, 5) is 10.1. The van der Waals surface area contributed by atoms with Gasteiger partial charge in [0.2, 0.25) is 0 Å². The minimum Gasteiger partial charge on any atom is -0.412 e. The van der Waals surface area contributed by atoms with Crippen molar-refractivity contribution < 1.29 is 9.53 Å². The Labute approximate surface area is 40.8 Å². The number of carbonyl (C=O) groups excluding carboxylic acids is 1. The molecule has 0 aromatic carbocycles. The van der Waals surface area contributed by atoms with Crippen LogP contribution in [0.3, 0.4) is 0 Å². The zero-order valence-electron chi connectivity index (χ0n) is 3.73. The molecule has 3 nitrogen and oxygen atoms in total. The Morgan fingerprint density at radius 2 is 2.29 bits per heavy atom. The lowest BCUT2D eigenvalue weighted by molar-refractivity contribution is -0.133. The number of esters is 1. The van der Waals surface area contributed by atoms with E-state index in [-0.39, 0.29) is 11.9 Å². The second-order valence-electron chi connectivity index (χ2n) is 1.40. The molecule has 0 spiro atoms. The molecule has 38 valence electrons. The largest absolute Gasteiger partial charge is 0.412 e. The second-order valence-corrected chi connectivity index (χ2v) is 1.40. The van der Waals surface area contributed by atoms with Gasteiger partial charge in [0.25, 0.3) is 0 Å². The summed E-state index contributed by atoms with van der Waals surface area (Å²) in [5.41, 5.74) is 0. The van der Waals surface area contributed by atoms with Gasteiger partial charge < -0.3 is 4.74 Å². The van der Waals surface area contributed by atoms with Crippen LogP contribution in [-0.2, 0) is 9.53 Å². The summed E-state index contributed by atoms with van der Waals surface area (Å²) in [5.74, 6) is -0.171. The number of carbonyl (C=O) groups is 1. The Morgan fingerprint density at radius 1 is 1.57 bits per heavy atom. The third-order valence-corrected chi connectivity index (χ3v) is 0.793. The first-order valence-corrected chi connectivity index (χ1v) is 2.07. The summed E-state index contributed by atoms with van der Waals surface area (Å²) >= 11 is 0. The Morgan fingerprint density at radius 3 is 2.43 bits per heavy atom. The first kappa shape index (κ1) is 4.30. The number of rotatable bonds is 0. The topological polar surface area (TPSA) is 50.2 Å². The van der Waals surface area contributed by atoms with Gasteiger partial charge in [-0.15, -0.1) is 0 Å². The van der Waals surface area contributed by atoms with Crippen molar-refractivity contribution in [2.24, 2.45) is 0 Å². The fourth-order valence-electron chi connectivity index (χ4n) is 0.455. The van der Waals surface area contributed by atoms with E-state index >= 15 is 0 Å². The number of nitrogens with one attached hydrogen (secondary N) is 1. The van der Waals surface area contributed by atoms with Crippen LogP contribution in [0.4, 0.5) is 0 Å². The second kappa shape index (κ2) is 1.33. The predicted octanol–water partition coefficient (Wildman–Crippen LogP) is 0.301. The summed E-state index contributed by atoms with van der Waals surface area (Å²) < 4.78 is 4.31. The van der Waals surface area contributed by atoms with Gasteiger partial charge in [0.15, 0.2) is 5.90 Å². The zero-order valence-corrected chi connectivity index (χ0v) is 3.73. The van der Waals surface area contributed by atoms with Gasteiger partial charge in [0.05, 0.1) is 6.42 Å². The standard InChI is InChI=1S/C4H5NO2/c5-3-1-2-4(6)7-3/h5H,1-2H2. The summed E-state index contributed by atoms with van der Waals surface area (Å²) in [6.45, 7) is 0. The quantitative estimate of drug-likeness (QED) is 0.444. The van der Waals surface area contributed by atoms with Crippen molar-refractivity contribution in [1.29, 1.82) is 5.41 Å². The van der Waals surface area contributed by atoms with Crippen molar-refractivity contribution in [2.75, 3.05) is 0 Å². The van der Waals surface area contributed by atoms with Gasteiger partial charge in [-0.3, -0.25) is 10.2 Å². The molecule has 0 amide bonds. The predicted molar refractivity (Wildman–Crippen MR) is 23.1 cm³/mol. The van der Waals surface area contributed by atoms with Gasteiger partial charge >= 0.3 is 5.97 Å². The molecule has 0 aromatic heterocycles. The molecule has 0 unspecified atom stereocenters. The number of hydrogen-bond donors (Lipinski definition) is 1. The fourth-order valence-corrected chi connectivity index (χ4v) is 0.455. The molecule has 1 aliphatic heterocycles. The third kappa shape index (κ3) is 0.765. The maximum Gasteiger partial charge on any atom is 0.312 e. The van der Waals surface area contributed by atoms with Crippen LogP contribution >= 0.6 is 0 Å². The van der Waals surface area contributed by atoms with Crippen LogP contribution < -0.4 is 0 Å². The van der Waals surface area contributed by atoms with Crippen molar-refractivity contribution in [2.45, 2.75) is 12.8 Å². The summed E-state index contributed by atoms with van der Waals surface area (Å²) in [6.07, 6.45) is 0.873. The Bertz CT molecular complexity index is 105. The van der Waals surface area contributed by atoms with Gasteiger partial charge in [-0.2, -0.15) is 0 Å². The first-order valence-electron chi connectivity index (χ1n) is 2.07. The lowest BCUT2D eigenvalue weighted by atomic mass is 10.4. The SMILES string of the molecule is N=C1CCC(=O)O1. The van der Waals surface area contributed by atoms with Gasteiger partial charge in [-0.1, -0.05) is 0 Å². The minimum atomic E-state index is -0.273. The molecule has 0 saturated carbocycles. The average Bonchev–Trinajstić information content (AvgIpc) is 1.87. The van der Waals surface area contributed by atoms with Crippen LogP contribution in [0.25, 0.3) is 0 Å². The number of hydrogen-bond acceptors (Lipinski definition) is 3. The zero-order chi connectivity index (χ0) is 5.28. The third-order valence-electron chi connectivity index (χ3n) is 0.793. The highest BCUT2D eigenvalue weighted by Gasteiger charge is 2.15. The van der Waals surface area contributed by atoms with E-state index in [9.17, 15) is 4.79 Å². The van der Waals surface area contributed by atoms with Gasteiger partial charge in [0.1, 0.15) is 0 Å². The highest BCUT2D eigenvalue weighted by molar-refractivity contribution is 5.94. The normalized spacial score (nSPS) is 20.0. The smallest absolute Gasteiger partial charge is 0.312 e. The molecule has 1 N–H and O–H groups in total. The van der Waals surface area contributed by atoms with E-state index in [0.29, 0.717) is 12.8 Å². The van der Waals surface area contributed by atoms with Gasteiger partial charge in [-0.05, 0) is 0 Å². The van der Waals surface area contributed by atoms with Crippen molar-refractivity contribution in [3.05, 3.63) is 0 Å². The number of ether oxygens (including phenoxy) is 1. The minimum absolute atomic E-state index is 0.102. The Hall–Kier alpha value is -0.860. The van der Waals surface area contributed by atoms with E-state index in [0.717, 1.165) is 0 Å². The molecular weight excluding hydrogens is 94.0 g/mol. The maximum atomic E-state index is 10.1. The molecule has 0 aliphatic carbocycles. The molecule has 1 fully saturated rings. The van der Waals surface area contributed by atoms with E-state index in [2.05, 4.69) is 4.74 Å². The highest BCUT2D eigenvalue weighted by Crippen LogP contribution is 2.04. The molecule has 1 saturated heterocycles. The highest BCUT2D eigenvalue weighted by atomic mass is 16.5. The van der Waals surface area contributed by atoms with Crippen LogP contribution in [0.2, 0.25) is 0 Å². The van der Waals surface area contributed by atoms with E-state index in [1.54, 1.807) is 0 Å². The molecule has 1 aliphatic rings. The lowest BCUT2D eigenvalue weighted by Gasteiger charge is -1.83. The molecule has 7 heavy (non-hydrogen) atoms. The van der Waals surface area contributed by atoms with Gasteiger partial charge in [-0.25, -0.2) is 0 Å². The summed E-state index contributed by atoms with van der Waals surface area (Å²) in [6, 6.07) is 0. The van der Waals surface area contributed by atoms with Crippen molar-refractivity contribution in [1.82, 2.24) is 0 Å². The van der Waals surface area contributed by atoms with Crippen LogP contribution in [-0.4, -0.2) is 11.9 Å². The Balaban J connectivity index is 2.55. The fraction of sp³-hybridized carbons (Fsp3) is 0.500. The van der Waals surface area contributed by atoms with Crippen LogP contribution in [0.5, 0.6) is 0 Å². The maximum absolute atomic E-state index is 10.1. The molecule has 0 radical (unpaired) electrons. The molecule has 0 bridgehead atoms. The summed E-state index contributed by atoms with van der Waals surface area (Å²) in [5, 5.41) is 6.74. The lowest BCUT2D eigenvalue weighted by Crippen LogP contribution is -1.94. The molecular formula is C4H5NO2. The summed E-state index contributed by atoms with van der Waals surface area (Å²) in [7, 11) is 0. The Kier molecular flexibility index (Phi) is 0.817. The monoisotopic (exact) mass is 99.0 g/mol. The van der Waals surface area contributed by atoms with Gasteiger partial charge in [0, 0.05) is 6.42 Å². The van der Waals surface area contributed by atoms with Crippen molar-refractivity contribution >= 4 is 11.9 Å². The van der Waals surface area contributed by atoms with E-state index in [1.807, 2.05) is 0 Å². The molecule has 1 rings (SSSR count). The molecule has 3 heteroatoms. The van der Waals surface area contributed by atoms with Crippen molar-refractivity contribution in [3.63, 3.8) is 0 Å². The first-order chi connectivity index (χ1) is 3.29. The average molecular weight is 99.1 g/mol. The van der Waals surface area contributed by atoms with Crippen molar-refractivity contribution in [3.8, 4) is 0 Å². The van der Waals surface area contributed by atoms with E-state index in [1.165, 1.54) is 0 Å². The van der Waals surface area contributed by atoms with Crippen LogP contribution in [0.15, 0.2) is 0 Å².